The molecule has 0 radical (unpaired) electrons. The van der Waals surface area contributed by atoms with E-state index < -0.39 is 17.7 Å². The number of halogens is 4. The lowest BCUT2D eigenvalue weighted by Gasteiger charge is -2.08. The van der Waals surface area contributed by atoms with E-state index in [1.165, 1.54) is 12.1 Å². The van der Waals surface area contributed by atoms with E-state index in [0.717, 1.165) is 18.3 Å². The number of aromatic nitrogens is 2. The number of carbonyl (C=O) groups is 1. The van der Waals surface area contributed by atoms with Crippen LogP contribution in [0.5, 0.6) is 0 Å². The third kappa shape index (κ3) is 3.69. The average Bonchev–Trinajstić information content (AvgIpc) is 2.40. The van der Waals surface area contributed by atoms with E-state index in [0.29, 0.717) is 5.56 Å². The molecule has 0 spiro atoms. The number of carboxylic acids is 1. The number of nitrogens with zero attached hydrogens (tertiary/aromatic N) is 2. The van der Waals surface area contributed by atoms with Crippen LogP contribution in [0.1, 0.15) is 27.4 Å². The number of rotatable bonds is 3. The van der Waals surface area contributed by atoms with Crippen LogP contribution >= 0.6 is 11.6 Å². The number of hydrogen-bond donors (Lipinski definition) is 1. The van der Waals surface area contributed by atoms with Gasteiger partial charge in [-0.3, -0.25) is 0 Å². The highest BCUT2D eigenvalue weighted by Gasteiger charge is 2.30. The Morgan fingerprint density at radius 2 is 2.05 bits per heavy atom. The minimum Gasteiger partial charge on any atom is -0.476 e. The SMILES string of the molecule is O=C(O)c1nc(Cc2cccc(C(F)(F)F)c2)ncc1Cl. The molecule has 2 aromatic rings. The highest BCUT2D eigenvalue weighted by atomic mass is 35.5. The van der Waals surface area contributed by atoms with Crippen molar-refractivity contribution in [2.45, 2.75) is 12.6 Å². The summed E-state index contributed by atoms with van der Waals surface area (Å²) in [6, 6.07) is 4.67. The summed E-state index contributed by atoms with van der Waals surface area (Å²) in [5.41, 5.74) is -0.843. The average molecular weight is 317 g/mol. The fourth-order valence-corrected chi connectivity index (χ4v) is 1.85. The zero-order chi connectivity index (χ0) is 15.6. The van der Waals surface area contributed by atoms with Crippen molar-refractivity contribution in [3.63, 3.8) is 0 Å². The summed E-state index contributed by atoms with van der Waals surface area (Å²) in [4.78, 5) is 18.4. The Bertz CT molecular complexity index is 689. The highest BCUT2D eigenvalue weighted by molar-refractivity contribution is 6.33. The van der Waals surface area contributed by atoms with Crippen molar-refractivity contribution in [2.24, 2.45) is 0 Å². The van der Waals surface area contributed by atoms with Gasteiger partial charge in [-0.15, -0.1) is 0 Å². The van der Waals surface area contributed by atoms with Gasteiger partial charge in [0.25, 0.3) is 0 Å². The van der Waals surface area contributed by atoms with Gasteiger partial charge in [0.05, 0.1) is 16.8 Å². The molecular formula is C13H8ClF3N2O2. The number of alkyl halides is 3. The van der Waals surface area contributed by atoms with Crippen LogP contribution in [-0.2, 0) is 12.6 Å². The maximum atomic E-state index is 12.6. The molecule has 0 amide bonds. The van der Waals surface area contributed by atoms with Gasteiger partial charge in [0.2, 0.25) is 0 Å². The minimum absolute atomic E-state index is 0.0264. The molecule has 0 bridgehead atoms. The summed E-state index contributed by atoms with van der Waals surface area (Å²) in [6.45, 7) is 0. The molecule has 4 nitrogen and oxygen atoms in total. The van der Waals surface area contributed by atoms with Crippen LogP contribution in [0.25, 0.3) is 0 Å². The van der Waals surface area contributed by atoms with E-state index >= 15 is 0 Å². The monoisotopic (exact) mass is 316 g/mol. The Morgan fingerprint density at radius 1 is 1.33 bits per heavy atom. The maximum Gasteiger partial charge on any atom is 0.416 e. The molecule has 1 aromatic carbocycles. The van der Waals surface area contributed by atoms with Crippen molar-refractivity contribution in [3.05, 3.63) is 58.1 Å². The first-order valence-electron chi connectivity index (χ1n) is 5.68. The third-order valence-corrected chi connectivity index (χ3v) is 2.89. The molecule has 1 heterocycles. The van der Waals surface area contributed by atoms with Crippen molar-refractivity contribution in [3.8, 4) is 0 Å². The molecule has 8 heteroatoms. The smallest absolute Gasteiger partial charge is 0.416 e. The molecule has 0 unspecified atom stereocenters. The van der Waals surface area contributed by atoms with Gasteiger partial charge in [0.1, 0.15) is 5.82 Å². The van der Waals surface area contributed by atoms with Crippen molar-refractivity contribution < 1.29 is 23.1 Å². The van der Waals surface area contributed by atoms with Gasteiger partial charge < -0.3 is 5.11 Å². The predicted molar refractivity (Wildman–Crippen MR) is 68.3 cm³/mol. The Morgan fingerprint density at radius 3 is 2.67 bits per heavy atom. The van der Waals surface area contributed by atoms with Crippen LogP contribution in [0.4, 0.5) is 13.2 Å². The van der Waals surface area contributed by atoms with Gasteiger partial charge in [-0.1, -0.05) is 29.8 Å². The molecule has 0 aliphatic heterocycles. The zero-order valence-electron chi connectivity index (χ0n) is 10.4. The second-order valence-electron chi connectivity index (χ2n) is 4.16. The third-order valence-electron chi connectivity index (χ3n) is 2.61. The topological polar surface area (TPSA) is 63.1 Å². The van der Waals surface area contributed by atoms with Crippen LogP contribution in [0.15, 0.2) is 30.5 Å². The molecule has 0 aliphatic carbocycles. The maximum absolute atomic E-state index is 12.6. The molecule has 0 aliphatic rings. The van der Waals surface area contributed by atoms with E-state index in [4.69, 9.17) is 16.7 Å². The fraction of sp³-hybridized carbons (Fsp3) is 0.154. The van der Waals surface area contributed by atoms with Crippen LogP contribution in [0.2, 0.25) is 5.02 Å². The summed E-state index contributed by atoms with van der Waals surface area (Å²) in [5.74, 6) is -1.25. The molecule has 1 aromatic heterocycles. The predicted octanol–water partition coefficient (Wildman–Crippen LogP) is 3.44. The Balaban J connectivity index is 2.31. The van der Waals surface area contributed by atoms with E-state index in [1.807, 2.05) is 0 Å². The summed E-state index contributed by atoms with van der Waals surface area (Å²) in [6.07, 6.45) is -3.36. The van der Waals surface area contributed by atoms with E-state index in [1.54, 1.807) is 0 Å². The van der Waals surface area contributed by atoms with Crippen molar-refractivity contribution >= 4 is 17.6 Å². The molecule has 110 valence electrons. The zero-order valence-corrected chi connectivity index (χ0v) is 11.1. The van der Waals surface area contributed by atoms with Crippen molar-refractivity contribution in [2.75, 3.05) is 0 Å². The Kier molecular flexibility index (Phi) is 4.13. The fourth-order valence-electron chi connectivity index (χ4n) is 1.68. The van der Waals surface area contributed by atoms with Gasteiger partial charge in [-0.2, -0.15) is 13.2 Å². The van der Waals surface area contributed by atoms with E-state index in [2.05, 4.69) is 9.97 Å². The minimum atomic E-state index is -4.44. The molecule has 0 fully saturated rings. The molecule has 2 rings (SSSR count). The van der Waals surface area contributed by atoms with Crippen LogP contribution in [-0.4, -0.2) is 21.0 Å². The molecule has 1 N–H and O–H groups in total. The molecular weight excluding hydrogens is 309 g/mol. The normalized spacial score (nSPS) is 11.4. The van der Waals surface area contributed by atoms with E-state index in [-0.39, 0.29) is 23.0 Å². The lowest BCUT2D eigenvalue weighted by Crippen LogP contribution is -2.08. The number of aromatic carboxylic acids is 1. The number of hydrogen-bond acceptors (Lipinski definition) is 3. The van der Waals surface area contributed by atoms with Crippen molar-refractivity contribution in [1.82, 2.24) is 9.97 Å². The van der Waals surface area contributed by atoms with Crippen molar-refractivity contribution in [1.29, 1.82) is 0 Å². The van der Waals surface area contributed by atoms with Gasteiger partial charge in [-0.05, 0) is 11.6 Å². The summed E-state index contributed by atoms with van der Waals surface area (Å²) in [5, 5.41) is 8.75. The van der Waals surface area contributed by atoms with Crippen LogP contribution < -0.4 is 0 Å². The second kappa shape index (κ2) is 5.69. The van der Waals surface area contributed by atoms with Gasteiger partial charge in [0.15, 0.2) is 5.69 Å². The Hall–Kier alpha value is -2.15. The van der Waals surface area contributed by atoms with Gasteiger partial charge in [-0.25, -0.2) is 14.8 Å². The van der Waals surface area contributed by atoms with Gasteiger partial charge >= 0.3 is 12.1 Å². The first kappa shape index (κ1) is 15.2. The standard InChI is InChI=1S/C13H8ClF3N2O2/c14-9-6-18-10(19-11(9)12(20)21)5-7-2-1-3-8(4-7)13(15,16)17/h1-4,6H,5H2,(H,20,21). The molecule has 0 saturated heterocycles. The molecule has 0 atom stereocenters. The van der Waals surface area contributed by atoms with Crippen LogP contribution in [0.3, 0.4) is 0 Å². The second-order valence-corrected chi connectivity index (χ2v) is 4.57. The van der Waals surface area contributed by atoms with E-state index in [9.17, 15) is 18.0 Å². The molecule has 0 saturated carbocycles. The molecule has 21 heavy (non-hydrogen) atoms. The first-order valence-corrected chi connectivity index (χ1v) is 6.06. The first-order chi connectivity index (χ1) is 9.77. The number of benzene rings is 1. The largest absolute Gasteiger partial charge is 0.476 e. The summed E-state index contributed by atoms with van der Waals surface area (Å²) >= 11 is 5.62. The number of carboxylic acid groups (broad SMARTS) is 1. The summed E-state index contributed by atoms with van der Waals surface area (Å²) < 4.78 is 37.8. The summed E-state index contributed by atoms with van der Waals surface area (Å²) in [7, 11) is 0. The lowest BCUT2D eigenvalue weighted by molar-refractivity contribution is -0.137. The quantitative estimate of drug-likeness (QED) is 0.942. The van der Waals surface area contributed by atoms with Crippen LogP contribution in [0, 0.1) is 0 Å². The lowest BCUT2D eigenvalue weighted by atomic mass is 10.1. The van der Waals surface area contributed by atoms with Gasteiger partial charge in [0, 0.05) is 6.42 Å². The highest BCUT2D eigenvalue weighted by Crippen LogP contribution is 2.29. The Labute approximate surface area is 122 Å².